The van der Waals surface area contributed by atoms with Crippen LogP contribution in [0.2, 0.25) is 0 Å². The minimum Gasteiger partial charge on any atom is -0.508 e. The fraction of sp³-hybridized carbons (Fsp3) is 0.444. The van der Waals surface area contributed by atoms with Gasteiger partial charge in [0, 0.05) is 12.3 Å². The Morgan fingerprint density at radius 2 is 2.00 bits per heavy atom. The van der Waals surface area contributed by atoms with Crippen LogP contribution in [0.4, 0.5) is 0 Å². The largest absolute Gasteiger partial charge is 0.508 e. The molecule has 1 fully saturated rings. The van der Waals surface area contributed by atoms with E-state index in [9.17, 15) is 15.2 Å². The zero-order chi connectivity index (χ0) is 16.8. The summed E-state index contributed by atoms with van der Waals surface area (Å²) >= 11 is 0. The molecule has 1 aliphatic heterocycles. The van der Waals surface area contributed by atoms with Gasteiger partial charge in [-0.1, -0.05) is 26.0 Å². The minimum atomic E-state index is -0.414. The Morgan fingerprint density at radius 3 is 2.61 bits per heavy atom. The number of fused-ring (bicyclic) bond motifs is 1. The van der Waals surface area contributed by atoms with E-state index in [-0.39, 0.29) is 28.9 Å². The van der Waals surface area contributed by atoms with Gasteiger partial charge in [-0.25, -0.2) is 0 Å². The van der Waals surface area contributed by atoms with Crippen LogP contribution >= 0.6 is 0 Å². The molecule has 1 aromatic carbocycles. The summed E-state index contributed by atoms with van der Waals surface area (Å²) in [5, 5.41) is 19.0. The Hall–Kier alpha value is -2.48. The normalized spacial score (nSPS) is 29.4. The average Bonchev–Trinajstić information content (AvgIpc) is 2.45. The van der Waals surface area contributed by atoms with E-state index >= 15 is 0 Å². The summed E-state index contributed by atoms with van der Waals surface area (Å²) in [6, 6.07) is 8.69. The standard InChI is InChI=1S/C18H20N2O3/c1-18(2)7-13(22)16-14(8-18)23-17(20)12(9-19)15(16)10-3-5-11(21)6-4-10/h3-6,14-16,21H,7-8,20H2,1-2H3. The molecule has 23 heavy (non-hydrogen) atoms. The minimum absolute atomic E-state index is 0.101. The number of phenols is 1. The van der Waals surface area contributed by atoms with Crippen LogP contribution in [0, 0.1) is 22.7 Å². The molecule has 0 aromatic heterocycles. The molecule has 1 heterocycles. The van der Waals surface area contributed by atoms with Gasteiger partial charge >= 0.3 is 0 Å². The van der Waals surface area contributed by atoms with Crippen LogP contribution in [-0.4, -0.2) is 17.0 Å². The number of hydrogen-bond donors (Lipinski definition) is 2. The highest BCUT2D eigenvalue weighted by Crippen LogP contribution is 2.49. The van der Waals surface area contributed by atoms with Gasteiger partial charge < -0.3 is 15.6 Å². The van der Waals surface area contributed by atoms with Crippen LogP contribution in [0.5, 0.6) is 5.75 Å². The molecule has 1 aromatic rings. The van der Waals surface area contributed by atoms with Gasteiger partial charge in [-0.3, -0.25) is 4.79 Å². The summed E-state index contributed by atoms with van der Waals surface area (Å²) in [7, 11) is 0. The van der Waals surface area contributed by atoms with Crippen molar-refractivity contribution in [2.45, 2.75) is 38.7 Å². The number of phenolic OH excluding ortho intramolecular Hbond substituents is 1. The lowest BCUT2D eigenvalue weighted by atomic mass is 9.63. The van der Waals surface area contributed by atoms with Crippen LogP contribution in [0.1, 0.15) is 38.2 Å². The van der Waals surface area contributed by atoms with E-state index in [4.69, 9.17) is 10.5 Å². The Morgan fingerprint density at radius 1 is 1.35 bits per heavy atom. The first-order valence-electron chi connectivity index (χ1n) is 7.70. The van der Waals surface area contributed by atoms with Crippen molar-refractivity contribution in [1.29, 1.82) is 5.26 Å². The van der Waals surface area contributed by atoms with E-state index in [1.807, 2.05) is 13.8 Å². The molecule has 5 nitrogen and oxygen atoms in total. The van der Waals surface area contributed by atoms with Crippen molar-refractivity contribution in [3.63, 3.8) is 0 Å². The number of rotatable bonds is 1. The number of ether oxygens (including phenoxy) is 1. The molecule has 5 heteroatoms. The molecule has 3 atom stereocenters. The second-order valence-corrected chi connectivity index (χ2v) is 7.15. The van der Waals surface area contributed by atoms with Gasteiger partial charge in [-0.15, -0.1) is 0 Å². The van der Waals surface area contributed by atoms with Gasteiger partial charge in [0.25, 0.3) is 0 Å². The summed E-state index contributed by atoms with van der Waals surface area (Å²) in [5.41, 5.74) is 6.92. The molecule has 3 unspecified atom stereocenters. The Labute approximate surface area is 135 Å². The second kappa shape index (κ2) is 5.31. The number of nitrogens with zero attached hydrogens (tertiary/aromatic N) is 1. The summed E-state index contributed by atoms with van der Waals surface area (Å²) < 4.78 is 5.74. The van der Waals surface area contributed by atoms with Crippen molar-refractivity contribution in [2.24, 2.45) is 17.1 Å². The molecule has 3 N–H and O–H groups in total. The zero-order valence-electron chi connectivity index (χ0n) is 13.2. The van der Waals surface area contributed by atoms with E-state index in [0.717, 1.165) is 12.0 Å². The van der Waals surface area contributed by atoms with Crippen molar-refractivity contribution in [3.05, 3.63) is 41.3 Å². The second-order valence-electron chi connectivity index (χ2n) is 7.15. The lowest BCUT2D eigenvalue weighted by Crippen LogP contribution is -2.48. The van der Waals surface area contributed by atoms with Crippen LogP contribution in [0.15, 0.2) is 35.7 Å². The fourth-order valence-electron chi connectivity index (χ4n) is 3.80. The van der Waals surface area contributed by atoms with Gasteiger partial charge in [0.2, 0.25) is 0 Å². The first kappa shape index (κ1) is 15.4. The maximum absolute atomic E-state index is 12.8. The molecule has 0 spiro atoms. The third-order valence-electron chi connectivity index (χ3n) is 4.77. The lowest BCUT2D eigenvalue weighted by Gasteiger charge is -2.45. The summed E-state index contributed by atoms with van der Waals surface area (Å²) in [6.07, 6.45) is 0.865. The molecule has 0 saturated heterocycles. The number of Topliss-reactive ketones (excluding diaryl/α,β-unsaturated/α-hetero) is 1. The van der Waals surface area contributed by atoms with E-state index in [2.05, 4.69) is 6.07 Å². The summed E-state index contributed by atoms with van der Waals surface area (Å²) in [4.78, 5) is 12.8. The third-order valence-corrected chi connectivity index (χ3v) is 4.77. The van der Waals surface area contributed by atoms with Crippen molar-refractivity contribution in [2.75, 3.05) is 0 Å². The number of aromatic hydroxyl groups is 1. The van der Waals surface area contributed by atoms with Crippen LogP contribution in [0.3, 0.4) is 0 Å². The first-order chi connectivity index (χ1) is 10.8. The molecule has 0 radical (unpaired) electrons. The smallest absolute Gasteiger partial charge is 0.199 e. The molecule has 0 bridgehead atoms. The number of ketones is 1. The summed E-state index contributed by atoms with van der Waals surface area (Å²) in [6.45, 7) is 4.08. The Bertz CT molecular complexity index is 713. The van der Waals surface area contributed by atoms with Gasteiger partial charge in [0.05, 0.1) is 11.5 Å². The van der Waals surface area contributed by atoms with Crippen molar-refractivity contribution in [1.82, 2.24) is 0 Å². The average molecular weight is 312 g/mol. The predicted octanol–water partition coefficient (Wildman–Crippen LogP) is 2.57. The highest BCUT2D eigenvalue weighted by molar-refractivity contribution is 5.85. The monoisotopic (exact) mass is 312 g/mol. The highest BCUT2D eigenvalue weighted by atomic mass is 16.5. The third kappa shape index (κ3) is 2.65. The Kier molecular flexibility index (Phi) is 3.56. The first-order valence-corrected chi connectivity index (χ1v) is 7.70. The number of nitriles is 1. The van der Waals surface area contributed by atoms with Crippen LogP contribution in [0.25, 0.3) is 0 Å². The van der Waals surface area contributed by atoms with Crippen LogP contribution < -0.4 is 5.73 Å². The fourth-order valence-corrected chi connectivity index (χ4v) is 3.80. The number of carbonyl (C=O) groups excluding carboxylic acids is 1. The number of allylic oxidation sites excluding steroid dienone is 1. The van der Waals surface area contributed by atoms with E-state index in [1.165, 1.54) is 0 Å². The molecule has 3 rings (SSSR count). The zero-order valence-corrected chi connectivity index (χ0v) is 13.2. The summed E-state index contributed by atoms with van der Waals surface area (Å²) in [5.74, 6) is -0.469. The molecule has 1 aliphatic carbocycles. The maximum Gasteiger partial charge on any atom is 0.199 e. The van der Waals surface area contributed by atoms with E-state index in [0.29, 0.717) is 12.0 Å². The van der Waals surface area contributed by atoms with Crippen molar-refractivity contribution in [3.8, 4) is 11.8 Å². The maximum atomic E-state index is 12.8. The number of carbonyl (C=O) groups is 1. The Balaban J connectivity index is 2.10. The number of hydrogen-bond acceptors (Lipinski definition) is 5. The molecule has 0 amide bonds. The SMILES string of the molecule is CC1(C)CC(=O)C2C(C1)OC(N)=C(C#N)C2c1ccc(O)cc1. The molecule has 2 aliphatic rings. The van der Waals surface area contributed by atoms with Gasteiger partial charge in [-0.05, 0) is 29.5 Å². The van der Waals surface area contributed by atoms with E-state index < -0.39 is 11.8 Å². The molecular formula is C18H20N2O3. The van der Waals surface area contributed by atoms with E-state index in [1.54, 1.807) is 24.3 Å². The van der Waals surface area contributed by atoms with Gasteiger partial charge in [0.1, 0.15) is 23.7 Å². The van der Waals surface area contributed by atoms with Gasteiger partial charge in [0.15, 0.2) is 5.88 Å². The lowest BCUT2D eigenvalue weighted by molar-refractivity contribution is -0.138. The van der Waals surface area contributed by atoms with Crippen molar-refractivity contribution >= 4 is 5.78 Å². The quantitative estimate of drug-likeness (QED) is 0.830. The molecular weight excluding hydrogens is 292 g/mol. The van der Waals surface area contributed by atoms with Crippen molar-refractivity contribution < 1.29 is 14.6 Å². The number of benzene rings is 1. The number of nitrogens with two attached hydrogens (primary N) is 1. The molecule has 120 valence electrons. The highest BCUT2D eigenvalue weighted by Gasteiger charge is 2.50. The van der Waals surface area contributed by atoms with Gasteiger partial charge in [-0.2, -0.15) is 5.26 Å². The predicted molar refractivity (Wildman–Crippen MR) is 84.1 cm³/mol. The van der Waals surface area contributed by atoms with Crippen LogP contribution in [-0.2, 0) is 9.53 Å². The molecule has 1 saturated carbocycles. The topological polar surface area (TPSA) is 96.3 Å².